The molecule has 0 fully saturated rings. The third-order valence-corrected chi connectivity index (χ3v) is 13.9. The predicted molar refractivity (Wildman–Crippen MR) is 265 cm³/mol. The van der Waals surface area contributed by atoms with Crippen molar-refractivity contribution in [2.24, 2.45) is 0 Å². The SMILES string of the molecule is CCCCCCCCOc1ccc2c(c1)-c1cc(C)ccc1C2C1c2cc(C)ccc2-c2ccc(-c3ccc4c(c3)Oc3cc(C)ccc3N4c3ccc4cc(OC)ccc4c3)cc21. The zero-order valence-corrected chi connectivity index (χ0v) is 37.6. The van der Waals surface area contributed by atoms with Gasteiger partial charge in [-0.15, -0.1) is 0 Å². The third kappa shape index (κ3) is 7.01. The molecule has 8 aromatic carbocycles. The minimum Gasteiger partial charge on any atom is -0.497 e. The van der Waals surface area contributed by atoms with Crippen LogP contribution in [0.25, 0.3) is 44.2 Å². The number of unbranched alkanes of at least 4 members (excludes halogenated alkanes) is 5. The first kappa shape index (κ1) is 40.0. The summed E-state index contributed by atoms with van der Waals surface area (Å²) in [5.74, 6) is 3.83. The monoisotopic (exact) mass is 837 g/mol. The normalized spacial score (nSPS) is 15.2. The molecule has 2 atom stereocenters. The summed E-state index contributed by atoms with van der Waals surface area (Å²) < 4.78 is 18.8. The number of anilines is 3. The Morgan fingerprint density at radius 2 is 1.06 bits per heavy atom. The van der Waals surface area contributed by atoms with Gasteiger partial charge in [0.05, 0.1) is 25.1 Å². The maximum atomic E-state index is 6.83. The van der Waals surface area contributed by atoms with E-state index in [-0.39, 0.29) is 11.8 Å². The van der Waals surface area contributed by atoms with E-state index in [1.54, 1.807) is 7.11 Å². The highest BCUT2D eigenvalue weighted by atomic mass is 16.5. The van der Waals surface area contributed by atoms with E-state index in [2.05, 4.69) is 172 Å². The van der Waals surface area contributed by atoms with Gasteiger partial charge in [-0.25, -0.2) is 0 Å². The minimum absolute atomic E-state index is 0.148. The van der Waals surface area contributed by atoms with E-state index >= 15 is 0 Å². The molecule has 0 N–H and O–H groups in total. The lowest BCUT2D eigenvalue weighted by Gasteiger charge is -2.33. The highest BCUT2D eigenvalue weighted by molar-refractivity contribution is 5.94. The van der Waals surface area contributed by atoms with Gasteiger partial charge in [0.1, 0.15) is 11.5 Å². The molecule has 318 valence electrons. The number of ether oxygens (including phenoxy) is 3. The summed E-state index contributed by atoms with van der Waals surface area (Å²) in [6, 6.07) is 54.2. The fourth-order valence-corrected chi connectivity index (χ4v) is 10.7. The average molecular weight is 838 g/mol. The van der Waals surface area contributed by atoms with Crippen molar-refractivity contribution in [3.8, 4) is 56.4 Å². The van der Waals surface area contributed by atoms with Crippen molar-refractivity contribution in [2.45, 2.75) is 78.1 Å². The molecule has 2 unspecified atom stereocenters. The van der Waals surface area contributed by atoms with Gasteiger partial charge in [-0.2, -0.15) is 0 Å². The summed E-state index contributed by atoms with van der Waals surface area (Å²) in [6.07, 6.45) is 7.53. The Labute approximate surface area is 378 Å². The van der Waals surface area contributed by atoms with Crippen LogP contribution in [0.15, 0.2) is 146 Å². The molecule has 0 aromatic heterocycles. The van der Waals surface area contributed by atoms with Crippen LogP contribution in [0.4, 0.5) is 17.1 Å². The van der Waals surface area contributed by atoms with E-state index < -0.39 is 0 Å². The van der Waals surface area contributed by atoms with Gasteiger partial charge in [0.15, 0.2) is 11.5 Å². The zero-order chi connectivity index (χ0) is 43.5. The van der Waals surface area contributed by atoms with Crippen LogP contribution in [0, 0.1) is 20.8 Å². The Bertz CT molecular complexity index is 3110. The summed E-state index contributed by atoms with van der Waals surface area (Å²) in [7, 11) is 1.71. The average Bonchev–Trinajstić information content (AvgIpc) is 3.79. The summed E-state index contributed by atoms with van der Waals surface area (Å²) >= 11 is 0. The van der Waals surface area contributed by atoms with Crippen molar-refractivity contribution in [1.29, 1.82) is 0 Å². The van der Waals surface area contributed by atoms with Gasteiger partial charge in [0.25, 0.3) is 0 Å². The summed E-state index contributed by atoms with van der Waals surface area (Å²) in [5.41, 5.74) is 20.0. The van der Waals surface area contributed by atoms with Crippen molar-refractivity contribution >= 4 is 27.8 Å². The van der Waals surface area contributed by atoms with Gasteiger partial charge >= 0.3 is 0 Å². The number of nitrogens with zero attached hydrogens (tertiary/aromatic N) is 1. The van der Waals surface area contributed by atoms with Gasteiger partial charge in [-0.05, 0) is 166 Å². The van der Waals surface area contributed by atoms with E-state index in [1.807, 2.05) is 6.07 Å². The first-order chi connectivity index (χ1) is 31.3. The lowest BCUT2D eigenvalue weighted by Crippen LogP contribution is -2.16. The molecule has 0 spiro atoms. The Kier molecular flexibility index (Phi) is 10.3. The van der Waals surface area contributed by atoms with E-state index in [0.717, 1.165) is 75.0 Å². The van der Waals surface area contributed by atoms with E-state index in [1.165, 1.54) is 93.3 Å². The summed E-state index contributed by atoms with van der Waals surface area (Å²) in [4.78, 5) is 2.33. The number of fused-ring (bicyclic) bond motifs is 9. The first-order valence-electron chi connectivity index (χ1n) is 23.3. The maximum Gasteiger partial charge on any atom is 0.152 e. The van der Waals surface area contributed by atoms with Crippen LogP contribution in [-0.4, -0.2) is 13.7 Å². The van der Waals surface area contributed by atoms with E-state index in [9.17, 15) is 0 Å². The molecule has 3 aliphatic rings. The smallest absolute Gasteiger partial charge is 0.152 e. The number of hydrogen-bond donors (Lipinski definition) is 0. The number of aryl methyl sites for hydroxylation is 3. The molecule has 2 aliphatic carbocycles. The molecule has 4 nitrogen and oxygen atoms in total. The number of rotatable bonds is 12. The molecule has 11 rings (SSSR count). The van der Waals surface area contributed by atoms with Crippen LogP contribution >= 0.6 is 0 Å². The standard InChI is InChI=1S/C60H55NO3/c1-6-7-8-9-10-11-28-63-46-21-25-50-52(36-46)51-29-37(2)13-23-49(51)59(50)60-53-30-38(3)12-22-47(53)48-24-17-42(34-54(48)60)43-18-27-56-58(35-43)64-57-31-39(4)14-26-55(57)61(56)44-19-15-41-33-45(62-5)20-16-40(41)32-44/h12-27,29-36,59-60H,6-11,28H2,1-5H3. The van der Waals surface area contributed by atoms with Crippen molar-refractivity contribution in [3.05, 3.63) is 185 Å². The maximum absolute atomic E-state index is 6.83. The second-order valence-corrected chi connectivity index (χ2v) is 18.3. The first-order valence-corrected chi connectivity index (χ1v) is 23.3. The molecule has 0 radical (unpaired) electrons. The number of benzene rings is 8. The lowest BCUT2D eigenvalue weighted by atomic mass is 9.77. The van der Waals surface area contributed by atoms with Crippen LogP contribution in [0.5, 0.6) is 23.0 Å². The highest BCUT2D eigenvalue weighted by Gasteiger charge is 2.41. The van der Waals surface area contributed by atoms with Gasteiger partial charge in [0.2, 0.25) is 0 Å². The molecular weight excluding hydrogens is 783 g/mol. The van der Waals surface area contributed by atoms with Crippen molar-refractivity contribution in [1.82, 2.24) is 0 Å². The van der Waals surface area contributed by atoms with E-state index in [4.69, 9.17) is 14.2 Å². The Morgan fingerprint density at radius 3 is 1.91 bits per heavy atom. The molecule has 0 saturated heterocycles. The number of hydrogen-bond acceptors (Lipinski definition) is 4. The van der Waals surface area contributed by atoms with E-state index in [0.29, 0.717) is 0 Å². The summed E-state index contributed by atoms with van der Waals surface area (Å²) in [6.45, 7) is 9.59. The van der Waals surface area contributed by atoms with Crippen LogP contribution < -0.4 is 19.1 Å². The molecule has 0 bridgehead atoms. The van der Waals surface area contributed by atoms with Crippen LogP contribution in [0.3, 0.4) is 0 Å². The van der Waals surface area contributed by atoms with Gasteiger partial charge in [-0.3, -0.25) is 0 Å². The largest absolute Gasteiger partial charge is 0.497 e. The van der Waals surface area contributed by atoms with Gasteiger partial charge in [0, 0.05) is 17.5 Å². The van der Waals surface area contributed by atoms with Crippen molar-refractivity contribution < 1.29 is 14.2 Å². The molecule has 1 aliphatic heterocycles. The Morgan fingerprint density at radius 1 is 0.469 bits per heavy atom. The van der Waals surface area contributed by atoms with Crippen molar-refractivity contribution in [2.75, 3.05) is 18.6 Å². The molecule has 64 heavy (non-hydrogen) atoms. The lowest BCUT2D eigenvalue weighted by molar-refractivity contribution is 0.304. The zero-order valence-electron chi connectivity index (χ0n) is 37.6. The van der Waals surface area contributed by atoms with Crippen molar-refractivity contribution in [3.63, 3.8) is 0 Å². The fraction of sp³-hybridized carbons (Fsp3) is 0.233. The van der Waals surface area contributed by atoms with Gasteiger partial charge < -0.3 is 19.1 Å². The second-order valence-electron chi connectivity index (χ2n) is 18.3. The molecule has 4 heteroatoms. The molecular formula is C60H55NO3. The molecule has 1 heterocycles. The molecule has 0 amide bonds. The molecule has 0 saturated carbocycles. The predicted octanol–water partition coefficient (Wildman–Crippen LogP) is 16.7. The van der Waals surface area contributed by atoms with Crippen LogP contribution in [0.2, 0.25) is 0 Å². The minimum atomic E-state index is 0.148. The Balaban J connectivity index is 0.974. The Hall–Kier alpha value is -6.78. The van der Waals surface area contributed by atoms with Crippen LogP contribution in [-0.2, 0) is 0 Å². The van der Waals surface area contributed by atoms with Gasteiger partial charge in [-0.1, -0.05) is 129 Å². The molecule has 8 aromatic rings. The third-order valence-electron chi connectivity index (χ3n) is 13.9. The second kappa shape index (κ2) is 16.4. The number of methoxy groups -OCH3 is 1. The summed E-state index contributed by atoms with van der Waals surface area (Å²) in [5, 5.41) is 2.29. The topological polar surface area (TPSA) is 30.9 Å². The quantitative estimate of drug-likeness (QED) is 0.115. The fourth-order valence-electron chi connectivity index (χ4n) is 10.7. The highest BCUT2D eigenvalue weighted by Crippen LogP contribution is 2.60. The van der Waals surface area contributed by atoms with Crippen LogP contribution in [0.1, 0.15) is 96.2 Å².